The van der Waals surface area contributed by atoms with Gasteiger partial charge in [0.25, 0.3) is 0 Å². The SMILES string of the molecule is CC(C)C(=O)Nc1cccc(-c2ccc3[nH]nc(-c4nc5c(-c6cccc(F)c6)cncc5[nH]4)c3c2)c1. The van der Waals surface area contributed by atoms with Crippen molar-refractivity contribution in [2.45, 2.75) is 13.8 Å². The number of H-pyrrole nitrogens is 2. The minimum absolute atomic E-state index is 0.0262. The zero-order valence-electron chi connectivity index (χ0n) is 20.2. The van der Waals surface area contributed by atoms with Crippen LogP contribution in [-0.4, -0.2) is 31.1 Å². The van der Waals surface area contributed by atoms with E-state index >= 15 is 0 Å². The van der Waals surface area contributed by atoms with E-state index in [1.165, 1.54) is 12.1 Å². The second kappa shape index (κ2) is 8.98. The van der Waals surface area contributed by atoms with Gasteiger partial charge in [-0.15, -0.1) is 0 Å². The Bertz CT molecular complexity index is 1780. The highest BCUT2D eigenvalue weighted by Gasteiger charge is 2.16. The van der Waals surface area contributed by atoms with E-state index in [0.29, 0.717) is 22.6 Å². The molecule has 37 heavy (non-hydrogen) atoms. The van der Waals surface area contributed by atoms with Gasteiger partial charge in [0.2, 0.25) is 5.91 Å². The van der Waals surface area contributed by atoms with Gasteiger partial charge < -0.3 is 10.3 Å². The van der Waals surface area contributed by atoms with E-state index in [4.69, 9.17) is 4.98 Å². The Labute approximate surface area is 211 Å². The van der Waals surface area contributed by atoms with Gasteiger partial charge in [-0.05, 0) is 53.1 Å². The first-order valence-electron chi connectivity index (χ1n) is 12.0. The number of nitrogens with one attached hydrogen (secondary N) is 3. The van der Waals surface area contributed by atoms with Crippen LogP contribution < -0.4 is 5.32 Å². The zero-order chi connectivity index (χ0) is 25.5. The number of benzene rings is 3. The lowest BCUT2D eigenvalue weighted by Gasteiger charge is -2.09. The molecule has 0 saturated heterocycles. The highest BCUT2D eigenvalue weighted by atomic mass is 19.1. The van der Waals surface area contributed by atoms with Crippen LogP contribution in [0.3, 0.4) is 0 Å². The summed E-state index contributed by atoms with van der Waals surface area (Å²) in [4.78, 5) is 24.6. The number of hydrogen-bond acceptors (Lipinski definition) is 4. The minimum Gasteiger partial charge on any atom is -0.335 e. The van der Waals surface area contributed by atoms with Crippen molar-refractivity contribution in [2.24, 2.45) is 5.92 Å². The Hall–Kier alpha value is -4.85. The van der Waals surface area contributed by atoms with Crippen LogP contribution in [0, 0.1) is 11.7 Å². The lowest BCUT2D eigenvalue weighted by Crippen LogP contribution is -2.17. The number of carbonyl (C=O) groups is 1. The summed E-state index contributed by atoms with van der Waals surface area (Å²) < 4.78 is 13.9. The molecule has 3 N–H and O–H groups in total. The molecule has 6 aromatic rings. The van der Waals surface area contributed by atoms with Crippen LogP contribution in [0.15, 0.2) is 79.1 Å². The number of anilines is 1. The van der Waals surface area contributed by atoms with Gasteiger partial charge in [-0.3, -0.25) is 14.9 Å². The molecule has 8 heteroatoms. The third kappa shape index (κ3) is 4.23. The standard InChI is InChI=1S/C29H23FN6O/c1-16(2)29(37)32-21-8-4-5-17(12-21)18-9-10-24-22(13-18)27(36-35-24)28-33-25-15-31-14-23(26(25)34-28)19-6-3-7-20(30)11-19/h3-16H,1-2H3,(H,32,37)(H,33,34)(H,35,36). The summed E-state index contributed by atoms with van der Waals surface area (Å²) in [6, 6.07) is 20.2. The van der Waals surface area contributed by atoms with Crippen molar-refractivity contribution in [1.29, 1.82) is 0 Å². The summed E-state index contributed by atoms with van der Waals surface area (Å²) in [6.45, 7) is 3.73. The molecule has 0 fully saturated rings. The van der Waals surface area contributed by atoms with Crippen LogP contribution in [-0.2, 0) is 4.79 Å². The van der Waals surface area contributed by atoms with Crippen LogP contribution in [0.5, 0.6) is 0 Å². The highest BCUT2D eigenvalue weighted by Crippen LogP contribution is 2.33. The van der Waals surface area contributed by atoms with Gasteiger partial charge in [-0.1, -0.05) is 44.2 Å². The molecule has 0 bridgehead atoms. The van der Waals surface area contributed by atoms with Gasteiger partial charge in [0.1, 0.15) is 11.5 Å². The minimum atomic E-state index is -0.316. The second-order valence-electron chi connectivity index (χ2n) is 9.24. The number of aromatic nitrogens is 5. The molecular formula is C29H23FN6O. The normalized spacial score (nSPS) is 11.5. The van der Waals surface area contributed by atoms with E-state index in [1.807, 2.05) is 56.3 Å². The summed E-state index contributed by atoms with van der Waals surface area (Å²) in [5.41, 5.74) is 7.10. The molecule has 0 aliphatic carbocycles. The fourth-order valence-electron chi connectivity index (χ4n) is 4.35. The number of carbonyl (C=O) groups excluding carboxylic acids is 1. The maximum Gasteiger partial charge on any atom is 0.226 e. The number of halogens is 1. The monoisotopic (exact) mass is 490 g/mol. The number of rotatable bonds is 5. The maximum atomic E-state index is 13.9. The van der Waals surface area contributed by atoms with Crippen LogP contribution in [0.2, 0.25) is 0 Å². The maximum absolute atomic E-state index is 13.9. The molecule has 0 atom stereocenters. The quantitative estimate of drug-likeness (QED) is 0.254. The molecule has 6 rings (SSSR count). The van der Waals surface area contributed by atoms with Crippen molar-refractivity contribution in [1.82, 2.24) is 25.1 Å². The molecule has 0 spiro atoms. The van der Waals surface area contributed by atoms with Gasteiger partial charge >= 0.3 is 0 Å². The van der Waals surface area contributed by atoms with Gasteiger partial charge in [0, 0.05) is 28.8 Å². The molecule has 3 aromatic carbocycles. The average molecular weight is 491 g/mol. The number of hydrogen-bond donors (Lipinski definition) is 3. The molecule has 7 nitrogen and oxygen atoms in total. The van der Waals surface area contributed by atoms with Crippen molar-refractivity contribution in [3.8, 4) is 33.8 Å². The van der Waals surface area contributed by atoms with Gasteiger partial charge in [0.05, 0.1) is 22.7 Å². The Morgan fingerprint density at radius 1 is 0.919 bits per heavy atom. The number of aromatic amines is 2. The second-order valence-corrected chi connectivity index (χ2v) is 9.24. The summed E-state index contributed by atoms with van der Waals surface area (Å²) in [5, 5.41) is 11.5. The fraction of sp³-hybridized carbons (Fsp3) is 0.103. The average Bonchev–Trinajstić information content (AvgIpc) is 3.52. The first kappa shape index (κ1) is 22.6. The van der Waals surface area contributed by atoms with E-state index in [1.54, 1.807) is 18.5 Å². The third-order valence-corrected chi connectivity index (χ3v) is 6.30. The molecule has 0 radical (unpaired) electrons. The smallest absolute Gasteiger partial charge is 0.226 e. The van der Waals surface area contributed by atoms with E-state index in [-0.39, 0.29) is 17.6 Å². The Kier molecular flexibility index (Phi) is 5.49. The summed E-state index contributed by atoms with van der Waals surface area (Å²) >= 11 is 0. The van der Waals surface area contributed by atoms with Crippen molar-refractivity contribution < 1.29 is 9.18 Å². The Morgan fingerprint density at radius 3 is 2.57 bits per heavy atom. The Balaban J connectivity index is 1.41. The van der Waals surface area contributed by atoms with Crippen molar-refractivity contribution in [3.63, 3.8) is 0 Å². The van der Waals surface area contributed by atoms with Gasteiger partial charge in [-0.2, -0.15) is 5.10 Å². The Morgan fingerprint density at radius 2 is 1.73 bits per heavy atom. The molecule has 1 amide bonds. The largest absolute Gasteiger partial charge is 0.335 e. The van der Waals surface area contributed by atoms with Gasteiger partial charge in [0.15, 0.2) is 5.82 Å². The molecular weight excluding hydrogens is 467 g/mol. The predicted molar refractivity (Wildman–Crippen MR) is 143 cm³/mol. The fourth-order valence-corrected chi connectivity index (χ4v) is 4.35. The van der Waals surface area contributed by atoms with E-state index in [2.05, 4.69) is 31.5 Å². The first-order valence-corrected chi connectivity index (χ1v) is 12.0. The van der Waals surface area contributed by atoms with E-state index < -0.39 is 0 Å². The number of pyridine rings is 1. The first-order chi connectivity index (χ1) is 18.0. The molecule has 3 aromatic heterocycles. The third-order valence-electron chi connectivity index (χ3n) is 6.30. The molecule has 0 aliphatic rings. The predicted octanol–water partition coefficient (Wildman–Crippen LogP) is 6.57. The van der Waals surface area contributed by atoms with Crippen LogP contribution in [0.25, 0.3) is 55.7 Å². The highest BCUT2D eigenvalue weighted by molar-refractivity contribution is 5.98. The summed E-state index contributed by atoms with van der Waals surface area (Å²) in [6.07, 6.45) is 3.39. The zero-order valence-corrected chi connectivity index (χ0v) is 20.2. The number of amides is 1. The summed E-state index contributed by atoms with van der Waals surface area (Å²) in [5.74, 6) is 0.140. The number of nitrogens with zero attached hydrogens (tertiary/aromatic N) is 3. The van der Waals surface area contributed by atoms with Crippen LogP contribution in [0.4, 0.5) is 10.1 Å². The molecule has 0 unspecified atom stereocenters. The lowest BCUT2D eigenvalue weighted by molar-refractivity contribution is -0.118. The van der Waals surface area contributed by atoms with Gasteiger partial charge in [-0.25, -0.2) is 9.37 Å². The number of fused-ring (bicyclic) bond motifs is 2. The van der Waals surface area contributed by atoms with Crippen LogP contribution >= 0.6 is 0 Å². The molecule has 3 heterocycles. The summed E-state index contributed by atoms with van der Waals surface area (Å²) in [7, 11) is 0. The van der Waals surface area contributed by atoms with E-state index in [0.717, 1.165) is 38.8 Å². The number of imidazole rings is 1. The molecule has 0 saturated carbocycles. The van der Waals surface area contributed by atoms with Crippen molar-refractivity contribution >= 4 is 33.5 Å². The van der Waals surface area contributed by atoms with Crippen LogP contribution in [0.1, 0.15) is 13.8 Å². The molecule has 0 aliphatic heterocycles. The lowest BCUT2D eigenvalue weighted by atomic mass is 10.0. The molecule has 182 valence electrons. The van der Waals surface area contributed by atoms with Crippen molar-refractivity contribution in [2.75, 3.05) is 5.32 Å². The van der Waals surface area contributed by atoms with E-state index in [9.17, 15) is 9.18 Å². The topological polar surface area (TPSA) is 99.3 Å². The van der Waals surface area contributed by atoms with Crippen molar-refractivity contribution in [3.05, 3.63) is 84.9 Å².